The van der Waals surface area contributed by atoms with E-state index in [0.717, 1.165) is 11.3 Å². The zero-order chi connectivity index (χ0) is 13.1. The average molecular weight is 268 g/mol. The van der Waals surface area contributed by atoms with Crippen molar-refractivity contribution in [3.8, 4) is 0 Å². The number of nitrogens with zero attached hydrogens (tertiary/aromatic N) is 3. The molecule has 0 aliphatic carbocycles. The van der Waals surface area contributed by atoms with Gasteiger partial charge in [0, 0.05) is 11.1 Å². The van der Waals surface area contributed by atoms with E-state index < -0.39 is 5.97 Å². The lowest BCUT2D eigenvalue weighted by atomic mass is 10.4. The van der Waals surface area contributed by atoms with E-state index in [1.54, 1.807) is 23.8 Å². The van der Waals surface area contributed by atoms with Gasteiger partial charge in [-0.15, -0.1) is 10.2 Å². The van der Waals surface area contributed by atoms with Gasteiger partial charge in [-0.25, -0.2) is 4.79 Å². The Labute approximate surface area is 106 Å². The Morgan fingerprint density at radius 2 is 2.33 bits per heavy atom. The van der Waals surface area contributed by atoms with Crippen LogP contribution in [0.5, 0.6) is 0 Å². The van der Waals surface area contributed by atoms with Crippen LogP contribution in [0.1, 0.15) is 29.1 Å². The van der Waals surface area contributed by atoms with E-state index in [2.05, 4.69) is 15.2 Å². The highest BCUT2D eigenvalue weighted by atomic mass is 32.1. The second kappa shape index (κ2) is 5.13. The van der Waals surface area contributed by atoms with Gasteiger partial charge in [-0.05, 0) is 13.8 Å². The van der Waals surface area contributed by atoms with Crippen molar-refractivity contribution < 1.29 is 9.53 Å². The number of H-pyrrole nitrogens is 1. The molecule has 0 unspecified atom stereocenters. The SMILES string of the molecule is CCOC(=O)c1nnc(C)n1Cc1csc(=O)[nH]1. The standard InChI is InChI=1S/C10H12N4O3S/c1-3-17-9(15)8-13-12-6(2)14(8)4-7-5-18-10(16)11-7/h5H,3-4H2,1-2H3,(H,11,16). The van der Waals surface area contributed by atoms with Crippen molar-refractivity contribution in [2.45, 2.75) is 20.4 Å². The second-order valence-electron chi connectivity index (χ2n) is 3.55. The molecule has 8 heteroatoms. The van der Waals surface area contributed by atoms with E-state index in [9.17, 15) is 9.59 Å². The van der Waals surface area contributed by atoms with Crippen molar-refractivity contribution >= 4 is 17.3 Å². The first-order chi connectivity index (χ1) is 8.61. The predicted octanol–water partition coefficient (Wildman–Crippen LogP) is 0.561. The molecule has 0 saturated heterocycles. The summed E-state index contributed by atoms with van der Waals surface area (Å²) >= 11 is 1.08. The Morgan fingerprint density at radius 1 is 1.56 bits per heavy atom. The minimum atomic E-state index is -0.518. The van der Waals surface area contributed by atoms with Crippen molar-refractivity contribution in [3.05, 3.63) is 32.4 Å². The maximum atomic E-state index is 11.7. The van der Waals surface area contributed by atoms with E-state index in [-0.39, 0.29) is 17.3 Å². The van der Waals surface area contributed by atoms with E-state index in [4.69, 9.17) is 4.74 Å². The Hall–Kier alpha value is -1.96. The van der Waals surface area contributed by atoms with E-state index in [1.165, 1.54) is 0 Å². The maximum Gasteiger partial charge on any atom is 0.376 e. The summed E-state index contributed by atoms with van der Waals surface area (Å²) in [7, 11) is 0. The van der Waals surface area contributed by atoms with Gasteiger partial charge in [-0.3, -0.25) is 9.36 Å². The number of esters is 1. The summed E-state index contributed by atoms with van der Waals surface area (Å²) in [5.41, 5.74) is 0.707. The number of nitrogens with one attached hydrogen (secondary N) is 1. The number of aryl methyl sites for hydroxylation is 1. The Morgan fingerprint density at radius 3 is 2.94 bits per heavy atom. The zero-order valence-electron chi connectivity index (χ0n) is 9.97. The Kier molecular flexibility index (Phi) is 3.56. The van der Waals surface area contributed by atoms with Gasteiger partial charge in [0.05, 0.1) is 13.2 Å². The summed E-state index contributed by atoms with van der Waals surface area (Å²) in [4.78, 5) is 25.3. The third-order valence-electron chi connectivity index (χ3n) is 2.29. The number of thiazole rings is 1. The molecule has 96 valence electrons. The highest BCUT2D eigenvalue weighted by Crippen LogP contribution is 2.07. The molecule has 2 heterocycles. The number of carbonyl (C=O) groups excluding carboxylic acids is 1. The maximum absolute atomic E-state index is 11.7. The molecule has 2 aromatic heterocycles. The molecule has 0 saturated carbocycles. The van der Waals surface area contributed by atoms with Gasteiger partial charge < -0.3 is 9.72 Å². The molecule has 18 heavy (non-hydrogen) atoms. The lowest BCUT2D eigenvalue weighted by Gasteiger charge is -2.06. The second-order valence-corrected chi connectivity index (χ2v) is 4.39. The number of rotatable bonds is 4. The summed E-state index contributed by atoms with van der Waals surface area (Å²) in [5, 5.41) is 9.34. The molecule has 7 nitrogen and oxygen atoms in total. The number of aromatic amines is 1. The quantitative estimate of drug-likeness (QED) is 0.818. The van der Waals surface area contributed by atoms with Crippen LogP contribution >= 0.6 is 11.3 Å². The number of carbonyl (C=O) groups is 1. The minimum absolute atomic E-state index is 0.131. The van der Waals surface area contributed by atoms with Gasteiger partial charge in [0.1, 0.15) is 5.82 Å². The molecule has 0 aliphatic rings. The van der Waals surface area contributed by atoms with Gasteiger partial charge in [0.2, 0.25) is 5.82 Å². The van der Waals surface area contributed by atoms with Gasteiger partial charge in [0.25, 0.3) is 0 Å². The van der Waals surface area contributed by atoms with Crippen LogP contribution in [0.4, 0.5) is 0 Å². The average Bonchev–Trinajstić information content (AvgIpc) is 2.88. The van der Waals surface area contributed by atoms with Crippen LogP contribution in [0.3, 0.4) is 0 Å². The third-order valence-corrected chi connectivity index (χ3v) is 3.01. The molecule has 2 rings (SSSR count). The third kappa shape index (κ3) is 2.48. The minimum Gasteiger partial charge on any atom is -0.460 e. The summed E-state index contributed by atoms with van der Waals surface area (Å²) in [6.07, 6.45) is 0. The van der Waals surface area contributed by atoms with Crippen molar-refractivity contribution in [1.82, 2.24) is 19.7 Å². The van der Waals surface area contributed by atoms with Crippen LogP contribution in [0, 0.1) is 6.92 Å². The lowest BCUT2D eigenvalue weighted by molar-refractivity contribution is 0.0506. The van der Waals surface area contributed by atoms with Crippen LogP contribution in [0.2, 0.25) is 0 Å². The van der Waals surface area contributed by atoms with E-state index >= 15 is 0 Å². The van der Waals surface area contributed by atoms with Crippen LogP contribution < -0.4 is 4.87 Å². The first-order valence-electron chi connectivity index (χ1n) is 5.35. The number of aromatic nitrogens is 4. The fraction of sp³-hybridized carbons (Fsp3) is 0.400. The molecule has 0 aliphatic heterocycles. The van der Waals surface area contributed by atoms with E-state index in [0.29, 0.717) is 18.1 Å². The Balaban J connectivity index is 2.29. The molecule has 0 spiro atoms. The van der Waals surface area contributed by atoms with Gasteiger partial charge in [-0.2, -0.15) is 0 Å². The summed E-state index contributed by atoms with van der Waals surface area (Å²) in [6.45, 7) is 4.08. The van der Waals surface area contributed by atoms with Crippen molar-refractivity contribution in [3.63, 3.8) is 0 Å². The fourth-order valence-electron chi connectivity index (χ4n) is 1.48. The summed E-state index contributed by atoms with van der Waals surface area (Å²) in [6, 6.07) is 0. The van der Waals surface area contributed by atoms with Crippen molar-refractivity contribution in [2.24, 2.45) is 0 Å². The summed E-state index contributed by atoms with van der Waals surface area (Å²) < 4.78 is 6.50. The zero-order valence-corrected chi connectivity index (χ0v) is 10.8. The number of hydrogen-bond acceptors (Lipinski definition) is 6. The Bertz CT molecular complexity index is 613. The monoisotopic (exact) mass is 268 g/mol. The molecule has 0 aromatic carbocycles. The molecule has 0 radical (unpaired) electrons. The first kappa shape index (κ1) is 12.5. The highest BCUT2D eigenvalue weighted by molar-refractivity contribution is 7.07. The molecule has 0 atom stereocenters. The van der Waals surface area contributed by atoms with E-state index in [1.807, 2.05) is 0 Å². The molecular formula is C10H12N4O3S. The molecular weight excluding hydrogens is 256 g/mol. The normalized spacial score (nSPS) is 10.6. The number of ether oxygens (including phenoxy) is 1. The molecule has 0 fully saturated rings. The van der Waals surface area contributed by atoms with Crippen molar-refractivity contribution in [2.75, 3.05) is 6.61 Å². The molecule has 0 bridgehead atoms. The molecule has 1 N–H and O–H groups in total. The summed E-state index contributed by atoms with van der Waals surface area (Å²) in [5.74, 6) is 0.210. The smallest absolute Gasteiger partial charge is 0.376 e. The van der Waals surface area contributed by atoms with Gasteiger partial charge in [-0.1, -0.05) is 11.3 Å². The fourth-order valence-corrected chi connectivity index (χ4v) is 2.05. The van der Waals surface area contributed by atoms with Gasteiger partial charge >= 0.3 is 10.8 Å². The van der Waals surface area contributed by atoms with Crippen LogP contribution in [-0.2, 0) is 11.3 Å². The van der Waals surface area contributed by atoms with Crippen molar-refractivity contribution in [1.29, 1.82) is 0 Å². The predicted molar refractivity (Wildman–Crippen MR) is 64.8 cm³/mol. The lowest BCUT2D eigenvalue weighted by Crippen LogP contribution is -2.15. The molecule has 0 amide bonds. The van der Waals surface area contributed by atoms with Crippen LogP contribution in [0.15, 0.2) is 10.2 Å². The highest BCUT2D eigenvalue weighted by Gasteiger charge is 2.18. The molecule has 2 aromatic rings. The number of hydrogen-bond donors (Lipinski definition) is 1. The van der Waals surface area contributed by atoms with Crippen LogP contribution in [-0.4, -0.2) is 32.3 Å². The van der Waals surface area contributed by atoms with Crippen LogP contribution in [0.25, 0.3) is 0 Å². The first-order valence-corrected chi connectivity index (χ1v) is 6.23. The largest absolute Gasteiger partial charge is 0.460 e. The van der Waals surface area contributed by atoms with Gasteiger partial charge in [0.15, 0.2) is 0 Å². The topological polar surface area (TPSA) is 89.9 Å².